The van der Waals surface area contributed by atoms with Gasteiger partial charge in [0.05, 0.1) is 26.4 Å². The molecule has 3 N–H and O–H groups in total. The van der Waals surface area contributed by atoms with Gasteiger partial charge < -0.3 is 33.8 Å². The van der Waals surface area contributed by atoms with E-state index < -0.39 is 97.5 Å². The van der Waals surface area contributed by atoms with Crippen LogP contribution in [-0.2, 0) is 65.4 Å². The number of aliphatic hydroxyl groups excluding tert-OH is 1. The van der Waals surface area contributed by atoms with Crippen molar-refractivity contribution in [2.24, 2.45) is 5.92 Å². The van der Waals surface area contributed by atoms with Crippen LogP contribution in [-0.4, -0.2) is 96.7 Å². The van der Waals surface area contributed by atoms with Crippen LogP contribution in [0.15, 0.2) is 0 Å². The summed E-state index contributed by atoms with van der Waals surface area (Å²) in [5, 5.41) is 10.6. The van der Waals surface area contributed by atoms with Crippen LogP contribution in [0.2, 0.25) is 0 Å². The van der Waals surface area contributed by atoms with E-state index in [0.29, 0.717) is 25.7 Å². The molecule has 0 radical (unpaired) electrons. The molecule has 0 aliphatic heterocycles. The Morgan fingerprint density at radius 1 is 0.311 bits per heavy atom. The van der Waals surface area contributed by atoms with Crippen LogP contribution in [0.3, 0.4) is 0 Å². The number of aliphatic hydroxyl groups is 1. The van der Waals surface area contributed by atoms with E-state index in [1.54, 1.807) is 0 Å². The van der Waals surface area contributed by atoms with Gasteiger partial charge in [-0.05, 0) is 31.6 Å². The first kappa shape index (κ1) is 88.1. The zero-order chi connectivity index (χ0) is 66.3. The van der Waals surface area contributed by atoms with Crippen molar-refractivity contribution in [2.75, 3.05) is 39.6 Å². The second kappa shape index (κ2) is 64.4. The third-order valence-corrected chi connectivity index (χ3v) is 18.8. The molecule has 0 saturated heterocycles. The zero-order valence-electron chi connectivity index (χ0n) is 58.3. The Bertz CT molecular complexity index is 1740. The summed E-state index contributed by atoms with van der Waals surface area (Å²) in [6.07, 6.45) is 52.0. The van der Waals surface area contributed by atoms with Crippen LogP contribution in [0, 0.1) is 5.92 Å². The number of phosphoric acid groups is 2. The number of ether oxygens (including phenoxy) is 4. The number of hydrogen-bond acceptors (Lipinski definition) is 15. The average Bonchev–Trinajstić information content (AvgIpc) is 3.03. The molecule has 0 aliphatic carbocycles. The number of carbonyl (C=O) groups is 4. The number of esters is 4. The predicted molar refractivity (Wildman–Crippen MR) is 363 cm³/mol. The second-order valence-corrected chi connectivity index (χ2v) is 28.8. The molecule has 0 aromatic heterocycles. The van der Waals surface area contributed by atoms with Gasteiger partial charge in [-0.3, -0.25) is 37.3 Å². The smallest absolute Gasteiger partial charge is 0.462 e. The van der Waals surface area contributed by atoms with E-state index in [4.69, 9.17) is 37.0 Å². The maximum absolute atomic E-state index is 13.0. The van der Waals surface area contributed by atoms with Crippen molar-refractivity contribution in [3.63, 3.8) is 0 Å². The Hall–Kier alpha value is -1.94. The third-order valence-electron chi connectivity index (χ3n) is 16.9. The quantitative estimate of drug-likeness (QED) is 0.0222. The van der Waals surface area contributed by atoms with Gasteiger partial charge in [0.2, 0.25) is 0 Å². The minimum Gasteiger partial charge on any atom is -0.462 e. The van der Waals surface area contributed by atoms with Gasteiger partial charge in [0.15, 0.2) is 12.2 Å². The van der Waals surface area contributed by atoms with Crippen molar-refractivity contribution >= 4 is 39.5 Å². The van der Waals surface area contributed by atoms with Crippen molar-refractivity contribution in [1.82, 2.24) is 0 Å². The Kier molecular flexibility index (Phi) is 63.0. The predicted octanol–water partition coefficient (Wildman–Crippen LogP) is 20.5. The molecule has 0 aliphatic rings. The van der Waals surface area contributed by atoms with Gasteiger partial charge in [0.1, 0.15) is 19.3 Å². The van der Waals surface area contributed by atoms with E-state index in [-0.39, 0.29) is 25.7 Å². The summed E-state index contributed by atoms with van der Waals surface area (Å²) >= 11 is 0. The van der Waals surface area contributed by atoms with Crippen LogP contribution in [0.1, 0.15) is 369 Å². The fourth-order valence-corrected chi connectivity index (χ4v) is 12.4. The van der Waals surface area contributed by atoms with Crippen LogP contribution in [0.5, 0.6) is 0 Å². The van der Waals surface area contributed by atoms with E-state index in [9.17, 15) is 43.2 Å². The van der Waals surface area contributed by atoms with E-state index in [1.807, 2.05) is 0 Å². The van der Waals surface area contributed by atoms with E-state index in [2.05, 4.69) is 34.6 Å². The lowest BCUT2D eigenvalue weighted by Gasteiger charge is -2.21. The van der Waals surface area contributed by atoms with E-state index in [0.717, 1.165) is 102 Å². The number of unbranched alkanes of at least 4 members (excludes halogenated alkanes) is 42. The topological polar surface area (TPSA) is 237 Å². The lowest BCUT2D eigenvalue weighted by molar-refractivity contribution is -0.161. The summed E-state index contributed by atoms with van der Waals surface area (Å²) in [6, 6.07) is 0. The molecule has 17 nitrogen and oxygen atoms in total. The number of phosphoric ester groups is 2. The summed E-state index contributed by atoms with van der Waals surface area (Å²) in [5.41, 5.74) is 0. The fraction of sp³-hybridized carbons (Fsp3) is 0.944. The van der Waals surface area contributed by atoms with Crippen molar-refractivity contribution in [3.05, 3.63) is 0 Å². The average molecular weight is 1330 g/mol. The van der Waals surface area contributed by atoms with Gasteiger partial charge in [-0.2, -0.15) is 0 Å². The van der Waals surface area contributed by atoms with Gasteiger partial charge in [0.25, 0.3) is 0 Å². The highest BCUT2D eigenvalue weighted by Crippen LogP contribution is 2.45. The molecule has 3 unspecified atom stereocenters. The standard InChI is InChI=1S/C71H138O17P2/c1-6-10-13-16-18-20-22-24-25-26-27-28-29-30-31-32-34-36-38-40-46-51-56-70(75)87-67(61-82-69(74)55-50-45-39-37-35-33-23-21-19-17-14-11-7-2)63-86-90(79,80)84-59-65(72)58-83-89(77,78)85-62-66(60-81-68(73)54-49-43-15-12-8-3)88-71(76)57-52-47-42-41-44-48-53-64(5)9-4/h64-67,72H,6-63H2,1-5H3,(H,77,78)(H,79,80)/t64?,65-,66+,67+/m0/s1. The summed E-state index contributed by atoms with van der Waals surface area (Å²) in [6.45, 7) is 7.10. The lowest BCUT2D eigenvalue weighted by atomic mass is 10.00. The normalized spacial score (nSPS) is 14.4. The monoisotopic (exact) mass is 1320 g/mol. The molecular weight excluding hydrogens is 1190 g/mol. The van der Waals surface area contributed by atoms with Crippen molar-refractivity contribution in [3.8, 4) is 0 Å². The molecule has 0 aromatic rings. The van der Waals surface area contributed by atoms with E-state index >= 15 is 0 Å². The first-order chi connectivity index (χ1) is 43.6. The SMILES string of the molecule is CCCCCCCCCCCCCCCCCCCCCCCCC(=O)O[C@H](COC(=O)CCCCCCCCCCCCCCC)COP(=O)(O)OC[C@@H](O)COP(=O)(O)OC[C@@H](COC(=O)CCCCCCC)OC(=O)CCCCCCCCC(C)CC. The highest BCUT2D eigenvalue weighted by Gasteiger charge is 2.30. The maximum atomic E-state index is 13.0. The number of rotatable bonds is 71. The molecule has 0 heterocycles. The Balaban J connectivity index is 5.09. The molecule has 0 amide bonds. The van der Waals surface area contributed by atoms with Gasteiger partial charge in [0, 0.05) is 25.7 Å². The molecule has 0 saturated carbocycles. The molecule has 90 heavy (non-hydrogen) atoms. The maximum Gasteiger partial charge on any atom is 0.472 e. The summed E-state index contributed by atoms with van der Waals surface area (Å²) in [4.78, 5) is 72.2. The van der Waals surface area contributed by atoms with Crippen LogP contribution < -0.4 is 0 Å². The second-order valence-electron chi connectivity index (χ2n) is 25.9. The molecular formula is C71H138O17P2. The molecule has 0 bridgehead atoms. The molecule has 6 atom stereocenters. The summed E-state index contributed by atoms with van der Waals surface area (Å²) in [7, 11) is -9.89. The van der Waals surface area contributed by atoms with Crippen LogP contribution in [0.4, 0.5) is 0 Å². The fourth-order valence-electron chi connectivity index (χ4n) is 10.8. The van der Waals surface area contributed by atoms with Crippen LogP contribution in [0.25, 0.3) is 0 Å². The third kappa shape index (κ3) is 63.5. The molecule has 0 fully saturated rings. The highest BCUT2D eigenvalue weighted by atomic mass is 31.2. The lowest BCUT2D eigenvalue weighted by Crippen LogP contribution is -2.30. The first-order valence-electron chi connectivity index (χ1n) is 37.2. The zero-order valence-corrected chi connectivity index (χ0v) is 60.1. The van der Waals surface area contributed by atoms with Crippen molar-refractivity contribution < 1.29 is 80.2 Å². The van der Waals surface area contributed by atoms with Gasteiger partial charge in [-0.25, -0.2) is 9.13 Å². The molecule has 534 valence electrons. The minimum absolute atomic E-state index is 0.102. The molecule has 0 spiro atoms. The molecule has 0 aromatic carbocycles. The van der Waals surface area contributed by atoms with Crippen LogP contribution >= 0.6 is 15.6 Å². The van der Waals surface area contributed by atoms with Crippen molar-refractivity contribution in [1.29, 1.82) is 0 Å². The van der Waals surface area contributed by atoms with Gasteiger partial charge in [-0.1, -0.05) is 317 Å². The Morgan fingerprint density at radius 3 is 0.789 bits per heavy atom. The van der Waals surface area contributed by atoms with Gasteiger partial charge in [-0.15, -0.1) is 0 Å². The molecule has 19 heteroatoms. The Labute approximate surface area is 549 Å². The summed E-state index contributed by atoms with van der Waals surface area (Å²) < 4.78 is 68.0. The summed E-state index contributed by atoms with van der Waals surface area (Å²) in [5.74, 6) is -1.42. The number of carbonyl (C=O) groups excluding carboxylic acids is 4. The van der Waals surface area contributed by atoms with E-state index in [1.165, 1.54) is 186 Å². The van der Waals surface area contributed by atoms with Gasteiger partial charge >= 0.3 is 39.5 Å². The largest absolute Gasteiger partial charge is 0.472 e. The number of hydrogen-bond donors (Lipinski definition) is 3. The highest BCUT2D eigenvalue weighted by molar-refractivity contribution is 7.47. The molecule has 0 rings (SSSR count). The first-order valence-corrected chi connectivity index (χ1v) is 40.2. The minimum atomic E-state index is -4.95. The Morgan fingerprint density at radius 2 is 0.533 bits per heavy atom. The van der Waals surface area contributed by atoms with Crippen molar-refractivity contribution in [2.45, 2.75) is 387 Å².